The normalized spacial score (nSPS) is 21.8. The van der Waals surface area contributed by atoms with E-state index >= 15 is 0 Å². The highest BCUT2D eigenvalue weighted by Gasteiger charge is 2.45. The van der Waals surface area contributed by atoms with E-state index in [1.54, 1.807) is 0 Å². The lowest BCUT2D eigenvalue weighted by atomic mass is 9.98. The number of hydrogen-bond donors (Lipinski definition) is 1. The van der Waals surface area contributed by atoms with Crippen molar-refractivity contribution in [3.63, 3.8) is 0 Å². The van der Waals surface area contributed by atoms with Crippen LogP contribution in [0.3, 0.4) is 0 Å². The Balaban J connectivity index is 2.34. The SMILES string of the molecule is CC(C)CC(C(O[Si](C)(C)C(C)(C)C)C1=NS(CCN2CCOCC2)=CN1)N(C=O)OC(C)(C)C. The van der Waals surface area contributed by atoms with Crippen molar-refractivity contribution in [1.82, 2.24) is 15.3 Å². The van der Waals surface area contributed by atoms with E-state index in [0.29, 0.717) is 5.92 Å². The first kappa shape index (κ1) is 30.4. The third-order valence-corrected chi connectivity index (χ3v) is 12.5. The summed E-state index contributed by atoms with van der Waals surface area (Å²) in [5.41, 5.74) is 1.59. The Morgan fingerprint density at radius 1 is 1.23 bits per heavy atom. The van der Waals surface area contributed by atoms with E-state index in [9.17, 15) is 4.79 Å². The molecule has 8 nitrogen and oxygen atoms in total. The predicted molar refractivity (Wildman–Crippen MR) is 150 cm³/mol. The summed E-state index contributed by atoms with van der Waals surface area (Å²) >= 11 is 0. The fourth-order valence-corrected chi connectivity index (χ4v) is 6.36. The molecule has 2 rings (SSSR count). The molecule has 1 fully saturated rings. The van der Waals surface area contributed by atoms with Gasteiger partial charge in [-0.2, -0.15) is 0 Å². The van der Waals surface area contributed by atoms with Crippen molar-refractivity contribution in [3.8, 4) is 0 Å². The zero-order valence-electron chi connectivity index (χ0n) is 23.7. The van der Waals surface area contributed by atoms with Gasteiger partial charge in [-0.1, -0.05) is 45.3 Å². The topological polar surface area (TPSA) is 75.6 Å². The maximum Gasteiger partial charge on any atom is 0.233 e. The molecule has 3 unspecified atom stereocenters. The van der Waals surface area contributed by atoms with E-state index in [0.717, 1.165) is 57.3 Å². The first-order valence-electron chi connectivity index (χ1n) is 12.9. The van der Waals surface area contributed by atoms with Crippen molar-refractivity contribution < 1.29 is 18.8 Å². The van der Waals surface area contributed by atoms with Crippen molar-refractivity contribution in [2.75, 3.05) is 38.6 Å². The molecular weight excluding hydrogens is 480 g/mol. The second-order valence-corrected chi connectivity index (χ2v) is 18.8. The second-order valence-electron chi connectivity index (χ2n) is 12.5. The Morgan fingerprint density at radius 2 is 1.86 bits per heavy atom. The van der Waals surface area contributed by atoms with Crippen LogP contribution in [0, 0.1) is 5.92 Å². The van der Waals surface area contributed by atoms with Gasteiger partial charge in [0.05, 0.1) is 24.9 Å². The molecule has 35 heavy (non-hydrogen) atoms. The summed E-state index contributed by atoms with van der Waals surface area (Å²) in [5, 5.41) is 4.95. The highest BCUT2D eigenvalue weighted by Crippen LogP contribution is 2.39. The van der Waals surface area contributed by atoms with Gasteiger partial charge in [-0.15, -0.1) is 0 Å². The molecule has 2 aliphatic rings. The van der Waals surface area contributed by atoms with E-state index in [-0.39, 0.29) is 27.9 Å². The van der Waals surface area contributed by atoms with Crippen LogP contribution in [-0.2, 0) is 18.8 Å². The van der Waals surface area contributed by atoms with Crippen LogP contribution in [-0.4, -0.2) is 92.4 Å². The van der Waals surface area contributed by atoms with Gasteiger partial charge in [0, 0.05) is 30.9 Å². The van der Waals surface area contributed by atoms with Crippen molar-refractivity contribution >= 4 is 36.7 Å². The van der Waals surface area contributed by atoms with Gasteiger partial charge in [-0.05, 0) is 51.2 Å². The van der Waals surface area contributed by atoms with E-state index in [1.165, 1.54) is 5.06 Å². The van der Waals surface area contributed by atoms with Crippen LogP contribution in [0.5, 0.6) is 0 Å². The van der Waals surface area contributed by atoms with Crippen molar-refractivity contribution in [2.24, 2.45) is 10.3 Å². The predicted octanol–water partition coefficient (Wildman–Crippen LogP) is 4.26. The molecule has 0 aromatic carbocycles. The Bertz CT molecular complexity index is 756. The molecule has 0 aliphatic carbocycles. The Kier molecular flexibility index (Phi) is 11.0. The fourth-order valence-electron chi connectivity index (χ4n) is 3.73. The number of hydroxylamine groups is 2. The van der Waals surface area contributed by atoms with Gasteiger partial charge in [0.1, 0.15) is 11.9 Å². The van der Waals surface area contributed by atoms with Crippen LogP contribution in [0.2, 0.25) is 18.1 Å². The molecule has 0 saturated carbocycles. The Labute approximate surface area is 217 Å². The maximum atomic E-state index is 12.3. The first-order valence-corrected chi connectivity index (χ1v) is 17.2. The third kappa shape index (κ3) is 9.55. The zero-order chi connectivity index (χ0) is 26.4. The summed E-state index contributed by atoms with van der Waals surface area (Å²) in [5.74, 6) is 2.13. The summed E-state index contributed by atoms with van der Waals surface area (Å²) in [7, 11) is -2.42. The van der Waals surface area contributed by atoms with Crippen LogP contribution in [0.25, 0.3) is 0 Å². The molecule has 1 amide bonds. The Morgan fingerprint density at radius 3 is 2.37 bits per heavy atom. The summed E-state index contributed by atoms with van der Waals surface area (Å²) in [6.07, 6.45) is 1.16. The van der Waals surface area contributed by atoms with Crippen LogP contribution < -0.4 is 5.32 Å². The number of carbonyl (C=O) groups excluding carboxylic acids is 1. The number of rotatable bonds is 12. The van der Waals surface area contributed by atoms with E-state index in [4.69, 9.17) is 18.4 Å². The minimum atomic E-state index is -2.19. The number of amides is 1. The summed E-state index contributed by atoms with van der Waals surface area (Å²) in [6.45, 7) is 26.0. The quantitative estimate of drug-likeness (QED) is 0.176. The summed E-state index contributed by atoms with van der Waals surface area (Å²) in [6, 6.07) is -0.289. The van der Waals surface area contributed by atoms with Gasteiger partial charge in [0.25, 0.3) is 0 Å². The van der Waals surface area contributed by atoms with Crippen molar-refractivity contribution in [1.29, 1.82) is 0 Å². The molecule has 2 heterocycles. The van der Waals surface area contributed by atoms with Crippen LogP contribution >= 0.6 is 10.7 Å². The molecular formula is C25H50N4O4SSi. The molecule has 0 bridgehead atoms. The number of ether oxygens (including phenoxy) is 1. The van der Waals surface area contributed by atoms with Crippen LogP contribution in [0.1, 0.15) is 61.8 Å². The smallest absolute Gasteiger partial charge is 0.233 e. The number of nitrogens with zero attached hydrogens (tertiary/aromatic N) is 3. The molecule has 0 radical (unpaired) electrons. The average molecular weight is 531 g/mol. The van der Waals surface area contributed by atoms with E-state index < -0.39 is 13.9 Å². The van der Waals surface area contributed by atoms with Gasteiger partial charge in [-0.3, -0.25) is 14.5 Å². The molecule has 2 aliphatic heterocycles. The average Bonchev–Trinajstić information content (AvgIpc) is 3.21. The van der Waals surface area contributed by atoms with Crippen LogP contribution in [0.15, 0.2) is 4.40 Å². The maximum absolute atomic E-state index is 12.3. The highest BCUT2D eigenvalue weighted by atomic mass is 32.2. The van der Waals surface area contributed by atoms with Gasteiger partial charge < -0.3 is 14.5 Å². The minimum absolute atomic E-state index is 0.0193. The van der Waals surface area contributed by atoms with Crippen molar-refractivity contribution in [3.05, 3.63) is 0 Å². The van der Waals surface area contributed by atoms with E-state index in [2.05, 4.69) is 63.4 Å². The lowest BCUT2D eigenvalue weighted by Gasteiger charge is -2.44. The Hall–Kier alpha value is -0.783. The number of morpholine rings is 1. The molecule has 1 saturated heterocycles. The van der Waals surface area contributed by atoms with Gasteiger partial charge in [0.15, 0.2) is 8.32 Å². The number of carbonyl (C=O) groups is 1. The molecule has 0 aromatic rings. The highest BCUT2D eigenvalue weighted by molar-refractivity contribution is 8.14. The first-order chi connectivity index (χ1) is 16.1. The van der Waals surface area contributed by atoms with Gasteiger partial charge in [0.2, 0.25) is 6.41 Å². The van der Waals surface area contributed by atoms with E-state index in [1.807, 2.05) is 20.8 Å². The lowest BCUT2D eigenvalue weighted by molar-refractivity contribution is -0.240. The molecule has 204 valence electrons. The van der Waals surface area contributed by atoms with Gasteiger partial charge in [-0.25, -0.2) is 9.46 Å². The van der Waals surface area contributed by atoms with Crippen molar-refractivity contribution in [2.45, 2.75) is 97.7 Å². The number of amidine groups is 1. The number of nitrogens with one attached hydrogen (secondary N) is 1. The molecule has 0 aromatic heterocycles. The fraction of sp³-hybridized carbons (Fsp3) is 0.880. The molecule has 3 atom stereocenters. The summed E-state index contributed by atoms with van der Waals surface area (Å²) < 4.78 is 17.6. The third-order valence-electron chi connectivity index (χ3n) is 6.65. The largest absolute Gasteiger partial charge is 0.405 e. The van der Waals surface area contributed by atoms with Crippen LogP contribution in [0.4, 0.5) is 0 Å². The minimum Gasteiger partial charge on any atom is -0.405 e. The monoisotopic (exact) mass is 530 g/mol. The van der Waals surface area contributed by atoms with Gasteiger partial charge >= 0.3 is 0 Å². The second kappa shape index (κ2) is 12.6. The zero-order valence-corrected chi connectivity index (χ0v) is 25.5. The standard InChI is InChI=1S/C25H50N4O4SSi/c1-20(2)17-21(29(19-30)33-24(3,4)5)22(32-35(9,10)25(6,7)8)23-26-18-34(27-23)16-13-28-11-14-31-15-12-28/h18-22H,11-17H2,1-10H3,(H,26,27). The summed E-state index contributed by atoms with van der Waals surface area (Å²) in [4.78, 5) is 20.9. The number of hydrogen-bond acceptors (Lipinski definition) is 7. The molecule has 1 N–H and O–H groups in total. The molecule has 0 spiro atoms. The lowest BCUT2D eigenvalue weighted by Crippen LogP contribution is -2.57. The molecule has 10 heteroatoms.